The molecule has 0 saturated heterocycles. The van der Waals surface area contributed by atoms with E-state index in [-0.39, 0.29) is 6.04 Å². The van der Waals surface area contributed by atoms with Crippen LogP contribution in [0, 0.1) is 0 Å². The topological polar surface area (TPSA) is 56.6 Å². The highest BCUT2D eigenvalue weighted by Gasteiger charge is 2.19. The summed E-state index contributed by atoms with van der Waals surface area (Å²) in [4.78, 5) is 6.22. The smallest absolute Gasteiger partial charge is 0.423 e. The summed E-state index contributed by atoms with van der Waals surface area (Å²) in [6.07, 6.45) is 9.92. The Morgan fingerprint density at radius 1 is 1.13 bits per heavy atom. The van der Waals surface area contributed by atoms with Crippen LogP contribution in [0.15, 0.2) is 67.1 Å². The predicted molar refractivity (Wildman–Crippen MR) is 92.6 cm³/mol. The fourth-order valence-electron chi connectivity index (χ4n) is 2.78. The van der Waals surface area contributed by atoms with E-state index in [1.807, 2.05) is 30.3 Å². The molecule has 1 atom stereocenters. The van der Waals surface area contributed by atoms with Crippen molar-refractivity contribution in [1.82, 2.24) is 9.88 Å². The molecule has 0 aliphatic carbocycles. The van der Waals surface area contributed by atoms with Gasteiger partial charge in [0, 0.05) is 31.2 Å². The molecular weight excluding hydrogens is 287 g/mol. The highest BCUT2D eigenvalue weighted by atomic mass is 16.4. The molecule has 2 N–H and O–H groups in total. The third-order valence-corrected chi connectivity index (χ3v) is 4.09. The standard InChI is InChI=1S/C18H19BN2O2/c1-14-12-16(15-6-9-20-10-7-15)8-11-21(14)13-17-4-2-3-5-18(17)19(22)23/h2-12,14,22-23H,13H2,1H3. The van der Waals surface area contributed by atoms with E-state index in [1.54, 1.807) is 18.5 Å². The Balaban J connectivity index is 1.78. The van der Waals surface area contributed by atoms with Crippen LogP contribution in [0.25, 0.3) is 5.57 Å². The lowest BCUT2D eigenvalue weighted by Crippen LogP contribution is -2.36. The molecule has 1 aromatic carbocycles. The molecule has 0 spiro atoms. The summed E-state index contributed by atoms with van der Waals surface area (Å²) in [7, 11) is -1.45. The first kappa shape index (κ1) is 15.5. The third kappa shape index (κ3) is 3.52. The van der Waals surface area contributed by atoms with Crippen molar-refractivity contribution in [3.05, 3.63) is 78.3 Å². The summed E-state index contributed by atoms with van der Waals surface area (Å²) in [5.41, 5.74) is 3.79. The quantitative estimate of drug-likeness (QED) is 0.842. The second-order valence-electron chi connectivity index (χ2n) is 5.66. The molecule has 1 aliphatic heterocycles. The zero-order valence-electron chi connectivity index (χ0n) is 13.0. The van der Waals surface area contributed by atoms with Gasteiger partial charge in [-0.15, -0.1) is 0 Å². The predicted octanol–water partition coefficient (Wildman–Crippen LogP) is 1.56. The average Bonchev–Trinajstić information content (AvgIpc) is 2.58. The van der Waals surface area contributed by atoms with E-state index in [1.165, 1.54) is 5.57 Å². The van der Waals surface area contributed by atoms with Crippen LogP contribution < -0.4 is 5.46 Å². The average molecular weight is 306 g/mol. The van der Waals surface area contributed by atoms with Gasteiger partial charge in [0.1, 0.15) is 0 Å². The van der Waals surface area contributed by atoms with Gasteiger partial charge in [0.2, 0.25) is 0 Å². The van der Waals surface area contributed by atoms with Gasteiger partial charge in [-0.1, -0.05) is 30.3 Å². The van der Waals surface area contributed by atoms with Gasteiger partial charge in [-0.2, -0.15) is 0 Å². The molecule has 0 fully saturated rings. The largest absolute Gasteiger partial charge is 0.488 e. The monoisotopic (exact) mass is 306 g/mol. The van der Waals surface area contributed by atoms with Crippen molar-refractivity contribution in [2.45, 2.75) is 19.5 Å². The molecule has 0 amide bonds. The number of aromatic nitrogens is 1. The van der Waals surface area contributed by atoms with Crippen molar-refractivity contribution in [1.29, 1.82) is 0 Å². The van der Waals surface area contributed by atoms with E-state index in [9.17, 15) is 10.0 Å². The summed E-state index contributed by atoms with van der Waals surface area (Å²) < 4.78 is 0. The molecule has 23 heavy (non-hydrogen) atoms. The molecule has 2 aromatic rings. The number of pyridine rings is 1. The van der Waals surface area contributed by atoms with Crippen molar-refractivity contribution in [3.63, 3.8) is 0 Å². The van der Waals surface area contributed by atoms with Crippen molar-refractivity contribution < 1.29 is 10.0 Å². The Hall–Kier alpha value is -2.37. The maximum Gasteiger partial charge on any atom is 0.488 e. The zero-order chi connectivity index (χ0) is 16.2. The van der Waals surface area contributed by atoms with Crippen LogP contribution in [0.5, 0.6) is 0 Å². The van der Waals surface area contributed by atoms with Gasteiger partial charge >= 0.3 is 7.12 Å². The molecule has 1 aliphatic rings. The first-order valence-electron chi connectivity index (χ1n) is 7.65. The van der Waals surface area contributed by atoms with E-state index in [2.05, 4.69) is 35.2 Å². The molecule has 0 radical (unpaired) electrons. The molecule has 0 bridgehead atoms. The molecule has 0 saturated carbocycles. The second kappa shape index (κ2) is 6.81. The van der Waals surface area contributed by atoms with Gasteiger partial charge in [0.25, 0.3) is 0 Å². The van der Waals surface area contributed by atoms with Crippen LogP contribution in [-0.2, 0) is 6.54 Å². The molecule has 1 unspecified atom stereocenters. The minimum absolute atomic E-state index is 0.215. The number of allylic oxidation sites excluding steroid dienone is 2. The lowest BCUT2D eigenvalue weighted by Gasteiger charge is -2.30. The highest BCUT2D eigenvalue weighted by Crippen LogP contribution is 2.23. The van der Waals surface area contributed by atoms with Crippen molar-refractivity contribution in [3.8, 4) is 0 Å². The van der Waals surface area contributed by atoms with E-state index in [4.69, 9.17) is 0 Å². The summed E-state index contributed by atoms with van der Waals surface area (Å²) in [5.74, 6) is 0. The Kier molecular flexibility index (Phi) is 4.60. The molecule has 116 valence electrons. The lowest BCUT2D eigenvalue weighted by molar-refractivity contribution is 0.326. The molecule has 4 nitrogen and oxygen atoms in total. The first-order chi connectivity index (χ1) is 11.1. The van der Waals surface area contributed by atoms with E-state index < -0.39 is 7.12 Å². The fourth-order valence-corrected chi connectivity index (χ4v) is 2.78. The molecule has 3 rings (SSSR count). The maximum atomic E-state index is 9.49. The summed E-state index contributed by atoms with van der Waals surface area (Å²) in [6.45, 7) is 2.76. The summed E-state index contributed by atoms with van der Waals surface area (Å²) in [6, 6.07) is 11.6. The van der Waals surface area contributed by atoms with Gasteiger partial charge in [-0.25, -0.2) is 0 Å². The molecule has 2 heterocycles. The number of benzene rings is 1. The van der Waals surface area contributed by atoms with E-state index >= 15 is 0 Å². The zero-order valence-corrected chi connectivity index (χ0v) is 13.0. The maximum absolute atomic E-state index is 9.49. The second-order valence-corrected chi connectivity index (χ2v) is 5.66. The van der Waals surface area contributed by atoms with Crippen molar-refractivity contribution >= 4 is 18.2 Å². The minimum atomic E-state index is -1.45. The third-order valence-electron chi connectivity index (χ3n) is 4.09. The van der Waals surface area contributed by atoms with Gasteiger partial charge in [0.15, 0.2) is 0 Å². The SMILES string of the molecule is CC1C=C(c2ccncc2)C=CN1Cc1ccccc1B(O)O. The fraction of sp³-hybridized carbons (Fsp3) is 0.167. The van der Waals surface area contributed by atoms with Crippen LogP contribution in [-0.4, -0.2) is 33.1 Å². The van der Waals surface area contributed by atoms with E-state index in [0.29, 0.717) is 12.0 Å². The Morgan fingerprint density at radius 2 is 1.87 bits per heavy atom. The Bertz CT molecular complexity index is 729. The summed E-state index contributed by atoms with van der Waals surface area (Å²) in [5, 5.41) is 19.0. The van der Waals surface area contributed by atoms with Crippen LogP contribution in [0.3, 0.4) is 0 Å². The first-order valence-corrected chi connectivity index (χ1v) is 7.65. The number of nitrogens with zero attached hydrogens (tertiary/aromatic N) is 2. The number of rotatable bonds is 4. The van der Waals surface area contributed by atoms with Crippen molar-refractivity contribution in [2.24, 2.45) is 0 Å². The molecular formula is C18H19BN2O2. The lowest BCUT2D eigenvalue weighted by atomic mass is 9.77. The van der Waals surface area contributed by atoms with Gasteiger partial charge in [0.05, 0.1) is 0 Å². The molecule has 5 heteroatoms. The van der Waals surface area contributed by atoms with Crippen LogP contribution in [0.4, 0.5) is 0 Å². The normalized spacial score (nSPS) is 17.1. The Morgan fingerprint density at radius 3 is 2.57 bits per heavy atom. The van der Waals surface area contributed by atoms with Gasteiger partial charge < -0.3 is 14.9 Å². The van der Waals surface area contributed by atoms with Gasteiger partial charge in [-0.3, -0.25) is 4.98 Å². The Labute approximate surface area is 136 Å². The number of hydrogen-bond donors (Lipinski definition) is 2. The van der Waals surface area contributed by atoms with Gasteiger partial charge in [-0.05, 0) is 47.3 Å². The van der Waals surface area contributed by atoms with Crippen LogP contribution in [0.1, 0.15) is 18.1 Å². The number of hydrogen-bond acceptors (Lipinski definition) is 4. The van der Waals surface area contributed by atoms with Crippen LogP contribution in [0.2, 0.25) is 0 Å². The highest BCUT2D eigenvalue weighted by molar-refractivity contribution is 6.59. The minimum Gasteiger partial charge on any atom is -0.423 e. The molecule has 1 aromatic heterocycles. The van der Waals surface area contributed by atoms with Crippen LogP contribution >= 0.6 is 0 Å². The summed E-state index contributed by atoms with van der Waals surface area (Å²) >= 11 is 0. The van der Waals surface area contributed by atoms with E-state index in [0.717, 1.165) is 11.1 Å². The van der Waals surface area contributed by atoms with Crippen molar-refractivity contribution in [2.75, 3.05) is 0 Å².